The van der Waals surface area contributed by atoms with Crippen LogP contribution in [0.25, 0.3) is 11.3 Å². The van der Waals surface area contributed by atoms with Crippen molar-refractivity contribution in [2.45, 2.75) is 0 Å². The predicted octanol–water partition coefficient (Wildman–Crippen LogP) is 1.75. The third-order valence-corrected chi connectivity index (χ3v) is 2.72. The Morgan fingerprint density at radius 1 is 0.786 bits per heavy atom. The summed E-state index contributed by atoms with van der Waals surface area (Å²) in [6.45, 7) is 0. The highest BCUT2D eigenvalue weighted by molar-refractivity contribution is 7.27. The molecule has 14 heavy (non-hydrogen) atoms. The van der Waals surface area contributed by atoms with Crippen LogP contribution in [0.4, 0.5) is 0 Å². The molecule has 0 aliphatic heterocycles. The van der Waals surface area contributed by atoms with E-state index in [0.717, 1.165) is 16.6 Å². The van der Waals surface area contributed by atoms with Gasteiger partial charge in [-0.2, -0.15) is 0 Å². The lowest BCUT2D eigenvalue weighted by Crippen LogP contribution is -1.94. The highest BCUT2D eigenvalue weighted by Gasteiger charge is 1.97. The van der Waals surface area contributed by atoms with E-state index in [-0.39, 0.29) is 0 Å². The normalized spacial score (nSPS) is 10.1. The van der Waals surface area contributed by atoms with Crippen molar-refractivity contribution in [2.24, 2.45) is 0 Å². The molecule has 2 unspecified atom stereocenters. The molecule has 0 saturated carbocycles. The van der Waals surface area contributed by atoms with Gasteiger partial charge in [-0.15, -0.1) is 18.5 Å². The van der Waals surface area contributed by atoms with Crippen LogP contribution in [0.5, 0.6) is 0 Å². The van der Waals surface area contributed by atoms with Crippen molar-refractivity contribution in [1.82, 2.24) is 4.98 Å². The lowest BCUT2D eigenvalue weighted by Gasteiger charge is -2.01. The molecule has 0 N–H and O–H groups in total. The van der Waals surface area contributed by atoms with Gasteiger partial charge in [-0.3, -0.25) is 4.98 Å². The van der Waals surface area contributed by atoms with Gasteiger partial charge in [0, 0.05) is 11.8 Å². The van der Waals surface area contributed by atoms with Crippen molar-refractivity contribution in [3.05, 3.63) is 42.6 Å². The third-order valence-electron chi connectivity index (χ3n) is 1.99. The molecule has 0 spiro atoms. The van der Waals surface area contributed by atoms with Crippen molar-refractivity contribution in [3.63, 3.8) is 0 Å². The molecular formula is C11H11NP2. The van der Waals surface area contributed by atoms with Gasteiger partial charge in [-0.1, -0.05) is 30.3 Å². The molecule has 70 valence electrons. The summed E-state index contributed by atoms with van der Waals surface area (Å²) in [5, 5.41) is 2.30. The predicted molar refractivity (Wildman–Crippen MR) is 68.4 cm³/mol. The van der Waals surface area contributed by atoms with Gasteiger partial charge in [0.1, 0.15) is 0 Å². The maximum Gasteiger partial charge on any atom is 0.0702 e. The van der Waals surface area contributed by atoms with Gasteiger partial charge < -0.3 is 0 Å². The van der Waals surface area contributed by atoms with Crippen LogP contribution in [0.15, 0.2) is 42.6 Å². The van der Waals surface area contributed by atoms with Crippen LogP contribution in [0.3, 0.4) is 0 Å². The minimum atomic E-state index is 1.02. The fourth-order valence-corrected chi connectivity index (χ4v) is 1.59. The van der Waals surface area contributed by atoms with Gasteiger partial charge in [-0.05, 0) is 16.7 Å². The van der Waals surface area contributed by atoms with E-state index in [1.807, 2.05) is 18.3 Å². The third kappa shape index (κ3) is 2.18. The van der Waals surface area contributed by atoms with E-state index < -0.39 is 0 Å². The molecule has 1 nitrogen and oxygen atoms in total. The number of rotatable bonds is 1. The zero-order valence-electron chi connectivity index (χ0n) is 7.64. The smallest absolute Gasteiger partial charge is 0.0702 e. The number of nitrogens with zero attached hydrogens (tertiary/aromatic N) is 1. The molecule has 3 heteroatoms. The Kier molecular flexibility index (Phi) is 2.91. The Bertz CT molecular complexity index is 377. The summed E-state index contributed by atoms with van der Waals surface area (Å²) >= 11 is 0. The molecule has 0 amide bonds. The molecule has 0 radical (unpaired) electrons. The van der Waals surface area contributed by atoms with E-state index in [0.29, 0.717) is 0 Å². The van der Waals surface area contributed by atoms with Gasteiger partial charge in [0.2, 0.25) is 0 Å². The van der Waals surface area contributed by atoms with Gasteiger partial charge in [-0.25, -0.2) is 0 Å². The van der Waals surface area contributed by atoms with E-state index in [4.69, 9.17) is 0 Å². The minimum Gasteiger partial charge on any atom is -0.256 e. The lowest BCUT2D eigenvalue weighted by molar-refractivity contribution is 1.35. The fraction of sp³-hybridized carbons (Fsp3) is 0. The summed E-state index contributed by atoms with van der Waals surface area (Å²) < 4.78 is 0. The average Bonchev–Trinajstić information content (AvgIpc) is 2.21. The molecule has 2 rings (SSSR count). The minimum absolute atomic E-state index is 1.02. The van der Waals surface area contributed by atoms with Crippen LogP contribution < -0.4 is 10.6 Å². The average molecular weight is 219 g/mol. The second kappa shape index (κ2) is 4.17. The highest BCUT2D eigenvalue weighted by atomic mass is 31.0. The molecule has 0 fully saturated rings. The first kappa shape index (κ1) is 9.77. The Morgan fingerprint density at radius 2 is 1.43 bits per heavy atom. The summed E-state index contributed by atoms with van der Waals surface area (Å²) in [6.07, 6.45) is 1.86. The number of aromatic nitrogens is 1. The summed E-state index contributed by atoms with van der Waals surface area (Å²) in [7, 11) is 5.30. The van der Waals surface area contributed by atoms with Gasteiger partial charge >= 0.3 is 0 Å². The molecule has 2 atom stereocenters. The maximum absolute atomic E-state index is 4.35. The molecule has 0 aliphatic rings. The molecule has 2 aromatic rings. The topological polar surface area (TPSA) is 12.9 Å². The molecule has 1 aromatic carbocycles. The van der Waals surface area contributed by atoms with Crippen LogP contribution in [0, 0.1) is 0 Å². The first-order valence-corrected chi connectivity index (χ1v) is 5.48. The Balaban J connectivity index is 2.40. The number of hydrogen-bond acceptors (Lipinski definition) is 1. The molecule has 0 bridgehead atoms. The molecule has 0 saturated heterocycles. The molecule has 0 aliphatic carbocycles. The van der Waals surface area contributed by atoms with Crippen molar-refractivity contribution in [2.75, 3.05) is 0 Å². The lowest BCUT2D eigenvalue weighted by atomic mass is 10.1. The Labute approximate surface area is 88.4 Å². The summed E-state index contributed by atoms with van der Waals surface area (Å²) in [5.74, 6) is 0. The van der Waals surface area contributed by atoms with Gasteiger partial charge in [0.15, 0.2) is 0 Å². The van der Waals surface area contributed by atoms with Crippen LogP contribution in [-0.4, -0.2) is 4.98 Å². The zero-order valence-corrected chi connectivity index (χ0v) is 9.95. The van der Waals surface area contributed by atoms with Crippen LogP contribution in [-0.2, 0) is 0 Å². The Morgan fingerprint density at radius 3 is 2.00 bits per heavy atom. The van der Waals surface area contributed by atoms with Crippen molar-refractivity contribution in [3.8, 4) is 11.3 Å². The van der Waals surface area contributed by atoms with Crippen molar-refractivity contribution in [1.29, 1.82) is 0 Å². The van der Waals surface area contributed by atoms with E-state index in [1.165, 1.54) is 5.30 Å². The number of benzene rings is 1. The standard InChI is InChI=1S/C11H11NP2/c13-9-3-1-8(2-4-9)11-6-5-10(14)7-12-11/h1-7H,13-14H2. The van der Waals surface area contributed by atoms with Crippen LogP contribution in [0.1, 0.15) is 0 Å². The van der Waals surface area contributed by atoms with Crippen LogP contribution >= 0.6 is 18.5 Å². The van der Waals surface area contributed by atoms with Crippen molar-refractivity contribution >= 4 is 29.1 Å². The molecule has 1 heterocycles. The maximum atomic E-state index is 4.35. The van der Waals surface area contributed by atoms with Crippen LogP contribution in [0.2, 0.25) is 0 Å². The van der Waals surface area contributed by atoms with E-state index in [9.17, 15) is 0 Å². The fourth-order valence-electron chi connectivity index (χ4n) is 1.23. The second-order valence-electron chi connectivity index (χ2n) is 3.10. The van der Waals surface area contributed by atoms with Crippen molar-refractivity contribution < 1.29 is 0 Å². The summed E-state index contributed by atoms with van der Waals surface area (Å²) in [6, 6.07) is 12.4. The largest absolute Gasteiger partial charge is 0.256 e. The van der Waals surface area contributed by atoms with E-state index in [1.54, 1.807) is 0 Å². The van der Waals surface area contributed by atoms with Gasteiger partial charge in [0.25, 0.3) is 0 Å². The highest BCUT2D eigenvalue weighted by Crippen LogP contribution is 2.14. The SMILES string of the molecule is Pc1ccc(-c2ccc(P)cn2)cc1. The molecular weight excluding hydrogens is 208 g/mol. The van der Waals surface area contributed by atoms with E-state index in [2.05, 4.69) is 47.7 Å². The van der Waals surface area contributed by atoms with E-state index >= 15 is 0 Å². The van der Waals surface area contributed by atoms with Gasteiger partial charge in [0.05, 0.1) is 5.69 Å². The Hall–Kier alpha value is -0.770. The first-order valence-electron chi connectivity index (χ1n) is 4.33. The molecule has 1 aromatic heterocycles. The number of hydrogen-bond donors (Lipinski definition) is 0. The monoisotopic (exact) mass is 219 g/mol. The second-order valence-corrected chi connectivity index (χ2v) is 4.43. The zero-order chi connectivity index (χ0) is 9.97. The summed E-state index contributed by atoms with van der Waals surface area (Å²) in [4.78, 5) is 4.35. The quantitative estimate of drug-likeness (QED) is 0.666. The number of pyridine rings is 1. The summed E-state index contributed by atoms with van der Waals surface area (Å²) in [5.41, 5.74) is 2.17. The first-order chi connectivity index (χ1) is 6.75.